The number of methoxy groups -OCH3 is 2. The number of ether oxygens (including phenoxy) is 3. The van der Waals surface area contributed by atoms with Crippen LogP contribution in [0.1, 0.15) is 36.1 Å². The minimum atomic E-state index is -0.348. The maximum atomic E-state index is 12.7. The smallest absolute Gasteiger partial charge is 0.244 e. The van der Waals surface area contributed by atoms with Crippen molar-refractivity contribution in [3.05, 3.63) is 89.9 Å². The molecule has 0 aliphatic carbocycles. The van der Waals surface area contributed by atoms with Crippen LogP contribution < -0.4 is 19.7 Å². The number of imidazole rings is 1. The zero-order valence-electron chi connectivity index (χ0n) is 20.1. The van der Waals surface area contributed by atoms with Crippen LogP contribution in [0.15, 0.2) is 73.1 Å². The molecule has 8 nitrogen and oxygen atoms in total. The van der Waals surface area contributed by atoms with Gasteiger partial charge in [0, 0.05) is 30.8 Å². The summed E-state index contributed by atoms with van der Waals surface area (Å²) in [6, 6.07) is 19.3. The second-order valence-corrected chi connectivity index (χ2v) is 7.88. The maximum Gasteiger partial charge on any atom is 0.244 e. The maximum absolute atomic E-state index is 12.7. The number of benzene rings is 2. The van der Waals surface area contributed by atoms with E-state index in [4.69, 9.17) is 19.0 Å². The molecule has 0 aliphatic heterocycles. The fraction of sp³-hybridized carbons (Fsp3) is 0.259. The van der Waals surface area contributed by atoms with Crippen molar-refractivity contribution in [1.29, 1.82) is 0 Å². The third-order valence-corrected chi connectivity index (χ3v) is 5.62. The molecule has 0 saturated carbocycles. The van der Waals surface area contributed by atoms with Crippen LogP contribution in [0.4, 0.5) is 0 Å². The van der Waals surface area contributed by atoms with Crippen molar-refractivity contribution < 1.29 is 23.8 Å². The molecule has 8 heteroatoms. The third-order valence-electron chi connectivity index (χ3n) is 5.62. The van der Waals surface area contributed by atoms with Crippen molar-refractivity contribution in [2.45, 2.75) is 25.9 Å². The van der Waals surface area contributed by atoms with Gasteiger partial charge in [0.25, 0.3) is 0 Å². The van der Waals surface area contributed by atoms with E-state index in [1.165, 1.54) is 0 Å². The third kappa shape index (κ3) is 5.73. The molecule has 0 bridgehead atoms. The predicted octanol–water partition coefficient (Wildman–Crippen LogP) is 4.52. The highest BCUT2D eigenvalue weighted by Gasteiger charge is 2.24. The Kier molecular flexibility index (Phi) is 7.84. The van der Waals surface area contributed by atoms with E-state index in [-0.39, 0.29) is 18.2 Å². The minimum absolute atomic E-state index is 0.138. The first-order chi connectivity index (χ1) is 17.1. The number of carbonyl (C=O) groups excluding carboxylic acids is 1. The number of fused-ring (bicyclic) bond motifs is 1. The Labute approximate surface area is 204 Å². The van der Waals surface area contributed by atoms with E-state index in [1.807, 2.05) is 72.1 Å². The van der Waals surface area contributed by atoms with Crippen molar-refractivity contribution in [3.63, 3.8) is 0 Å². The van der Waals surface area contributed by atoms with Gasteiger partial charge in [0.2, 0.25) is 5.91 Å². The van der Waals surface area contributed by atoms with Crippen molar-refractivity contribution in [2.75, 3.05) is 20.8 Å². The van der Waals surface area contributed by atoms with E-state index in [0.29, 0.717) is 36.1 Å². The van der Waals surface area contributed by atoms with Gasteiger partial charge in [-0.2, -0.15) is 0 Å². The highest BCUT2D eigenvalue weighted by atomic mass is 16.6. The van der Waals surface area contributed by atoms with Gasteiger partial charge in [-0.05, 0) is 42.3 Å². The Morgan fingerprint density at radius 2 is 1.77 bits per heavy atom. The molecule has 1 N–H and O–H groups in total. The lowest BCUT2D eigenvalue weighted by atomic mass is 9.92. The van der Waals surface area contributed by atoms with Crippen molar-refractivity contribution in [1.82, 2.24) is 14.9 Å². The highest BCUT2D eigenvalue weighted by Crippen LogP contribution is 2.35. The van der Waals surface area contributed by atoms with Crippen molar-refractivity contribution in [3.8, 4) is 17.2 Å². The standard InChI is InChI=1S/C27H29N3O5/c1-4-35-29-26(31)16-23(20-13-21(32-2)15-22(14-20)33-3)24-17-28-27-25(11-8-12-30(24)27)34-18-19-9-6-5-7-10-19/h5-15,17,23H,4,16,18H2,1-3H3,(H,29,31). The van der Waals surface area contributed by atoms with Crippen LogP contribution in [0.5, 0.6) is 17.2 Å². The molecule has 35 heavy (non-hydrogen) atoms. The molecule has 2 aromatic carbocycles. The van der Waals surface area contributed by atoms with E-state index in [2.05, 4.69) is 10.5 Å². The van der Waals surface area contributed by atoms with Crippen LogP contribution in [-0.4, -0.2) is 36.1 Å². The zero-order valence-corrected chi connectivity index (χ0v) is 20.1. The molecule has 0 fully saturated rings. The first-order valence-electron chi connectivity index (χ1n) is 11.4. The second kappa shape index (κ2) is 11.4. The number of hydrogen-bond acceptors (Lipinski definition) is 6. The number of rotatable bonds is 11. The van der Waals surface area contributed by atoms with Crippen LogP contribution >= 0.6 is 0 Å². The summed E-state index contributed by atoms with van der Waals surface area (Å²) >= 11 is 0. The molecule has 1 unspecified atom stereocenters. The van der Waals surface area contributed by atoms with Crippen molar-refractivity contribution >= 4 is 11.6 Å². The van der Waals surface area contributed by atoms with Gasteiger partial charge in [-0.1, -0.05) is 30.3 Å². The lowest BCUT2D eigenvalue weighted by Crippen LogP contribution is -2.26. The van der Waals surface area contributed by atoms with Gasteiger partial charge in [-0.25, -0.2) is 10.5 Å². The van der Waals surface area contributed by atoms with E-state index in [0.717, 1.165) is 16.8 Å². The number of pyridine rings is 1. The number of amides is 1. The van der Waals surface area contributed by atoms with Gasteiger partial charge in [-0.15, -0.1) is 0 Å². The zero-order chi connectivity index (χ0) is 24.6. The fourth-order valence-electron chi connectivity index (χ4n) is 3.91. The average Bonchev–Trinajstić information content (AvgIpc) is 3.34. The molecule has 2 heterocycles. The molecule has 0 aliphatic rings. The number of hydrogen-bond donors (Lipinski definition) is 1. The second-order valence-electron chi connectivity index (χ2n) is 7.88. The molecule has 0 spiro atoms. The van der Waals surface area contributed by atoms with Gasteiger partial charge >= 0.3 is 0 Å². The van der Waals surface area contributed by atoms with E-state index in [1.54, 1.807) is 26.5 Å². The summed E-state index contributed by atoms with van der Waals surface area (Å²) in [6.45, 7) is 2.61. The number of hydroxylamine groups is 1. The number of carbonyl (C=O) groups is 1. The summed E-state index contributed by atoms with van der Waals surface area (Å²) in [6.07, 6.45) is 3.83. The Balaban J connectivity index is 1.72. The molecule has 4 rings (SSSR count). The van der Waals surface area contributed by atoms with Crippen molar-refractivity contribution in [2.24, 2.45) is 0 Å². The first-order valence-corrected chi connectivity index (χ1v) is 11.4. The number of aromatic nitrogens is 2. The molecule has 182 valence electrons. The molecule has 1 atom stereocenters. The average molecular weight is 476 g/mol. The Morgan fingerprint density at radius 3 is 2.46 bits per heavy atom. The quantitative estimate of drug-likeness (QED) is 0.321. The normalized spacial score (nSPS) is 11.7. The summed E-state index contributed by atoms with van der Waals surface area (Å²) in [5.41, 5.74) is 5.91. The molecule has 1 amide bonds. The van der Waals surface area contributed by atoms with E-state index >= 15 is 0 Å². The molecule has 0 saturated heterocycles. The van der Waals surface area contributed by atoms with Gasteiger partial charge in [0.1, 0.15) is 18.1 Å². The highest BCUT2D eigenvalue weighted by molar-refractivity contribution is 5.76. The molecule has 0 radical (unpaired) electrons. The summed E-state index contributed by atoms with van der Waals surface area (Å²) < 4.78 is 19.0. The van der Waals surface area contributed by atoms with Gasteiger partial charge in [0.15, 0.2) is 11.4 Å². The Bertz CT molecular complexity index is 1250. The summed E-state index contributed by atoms with van der Waals surface area (Å²) in [4.78, 5) is 22.5. The molecular weight excluding hydrogens is 446 g/mol. The predicted molar refractivity (Wildman–Crippen MR) is 132 cm³/mol. The largest absolute Gasteiger partial charge is 0.497 e. The molecule has 2 aromatic heterocycles. The van der Waals surface area contributed by atoms with Crippen LogP contribution in [-0.2, 0) is 16.2 Å². The van der Waals surface area contributed by atoms with Crippen LogP contribution in [0, 0.1) is 0 Å². The van der Waals surface area contributed by atoms with Gasteiger partial charge in [-0.3, -0.25) is 9.63 Å². The summed E-state index contributed by atoms with van der Waals surface area (Å²) in [5.74, 6) is 1.33. The number of nitrogens with zero attached hydrogens (tertiary/aromatic N) is 2. The molecular formula is C27H29N3O5. The SMILES string of the molecule is CCONC(=O)CC(c1cc(OC)cc(OC)c1)c1cnc2c(OCc3ccccc3)cccn12. The number of nitrogens with one attached hydrogen (secondary N) is 1. The first kappa shape index (κ1) is 24.1. The summed E-state index contributed by atoms with van der Waals surface area (Å²) in [5, 5.41) is 0. The van der Waals surface area contributed by atoms with Gasteiger partial charge in [0.05, 0.1) is 26.5 Å². The minimum Gasteiger partial charge on any atom is -0.497 e. The van der Waals surface area contributed by atoms with E-state index in [9.17, 15) is 4.79 Å². The Morgan fingerprint density at radius 1 is 1.03 bits per heavy atom. The van der Waals surface area contributed by atoms with Crippen LogP contribution in [0.2, 0.25) is 0 Å². The lowest BCUT2D eigenvalue weighted by Gasteiger charge is -2.19. The van der Waals surface area contributed by atoms with E-state index < -0.39 is 0 Å². The fourth-order valence-corrected chi connectivity index (χ4v) is 3.91. The van der Waals surface area contributed by atoms with Crippen LogP contribution in [0.3, 0.4) is 0 Å². The molecule has 4 aromatic rings. The lowest BCUT2D eigenvalue weighted by molar-refractivity contribution is -0.133. The van der Waals surface area contributed by atoms with Crippen LogP contribution in [0.25, 0.3) is 5.65 Å². The van der Waals surface area contributed by atoms with Gasteiger partial charge < -0.3 is 18.6 Å². The monoisotopic (exact) mass is 475 g/mol. The summed E-state index contributed by atoms with van der Waals surface area (Å²) in [7, 11) is 3.19. The Hall–Kier alpha value is -4.04. The topological polar surface area (TPSA) is 83.3 Å².